The van der Waals surface area contributed by atoms with Crippen molar-refractivity contribution in [1.29, 1.82) is 0 Å². The van der Waals surface area contributed by atoms with Crippen molar-refractivity contribution < 1.29 is 14.4 Å². The van der Waals surface area contributed by atoms with E-state index in [2.05, 4.69) is 28.5 Å². The maximum Gasteiger partial charge on any atom is 0.322 e. The van der Waals surface area contributed by atoms with Gasteiger partial charge in [-0.05, 0) is 60.9 Å². The lowest BCUT2D eigenvalue weighted by molar-refractivity contribution is -0.124. The molecule has 1 atom stereocenters. The number of carbonyl (C=O) groups is 3. The zero-order valence-electron chi connectivity index (χ0n) is 19.8. The fourth-order valence-electron chi connectivity index (χ4n) is 5.15. The molecule has 0 bridgehead atoms. The van der Waals surface area contributed by atoms with Gasteiger partial charge in [0.15, 0.2) is 0 Å². The Morgan fingerprint density at radius 3 is 2.38 bits per heavy atom. The molecule has 3 fully saturated rings. The van der Waals surface area contributed by atoms with Gasteiger partial charge in [0, 0.05) is 37.9 Å². The highest BCUT2D eigenvalue weighted by Gasteiger charge is 2.46. The number of hydrogen-bond acceptors (Lipinski definition) is 5. The predicted molar refractivity (Wildman–Crippen MR) is 129 cm³/mol. The second kappa shape index (κ2) is 8.74. The van der Waals surface area contributed by atoms with Crippen LogP contribution in [-0.4, -0.2) is 53.9 Å². The molecular weight excluding hydrogens is 430 g/mol. The Labute approximate surface area is 199 Å². The molecule has 2 aromatic rings. The van der Waals surface area contributed by atoms with E-state index in [9.17, 15) is 14.4 Å². The average molecular weight is 462 g/mol. The Balaban J connectivity index is 1.24. The summed E-state index contributed by atoms with van der Waals surface area (Å²) in [6, 6.07) is 8.83. The van der Waals surface area contributed by atoms with Crippen LogP contribution in [0.15, 0.2) is 36.5 Å². The fraction of sp³-hybridized carbons (Fsp3) is 0.462. The maximum atomic E-state index is 13.1. The number of hydrogen-bond donors (Lipinski definition) is 2. The van der Waals surface area contributed by atoms with Crippen molar-refractivity contribution >= 4 is 23.7 Å². The van der Waals surface area contributed by atoms with E-state index in [1.54, 1.807) is 24.3 Å². The van der Waals surface area contributed by atoms with Gasteiger partial charge in [-0.15, -0.1) is 0 Å². The molecule has 5 rings (SSSR count). The van der Waals surface area contributed by atoms with E-state index in [-0.39, 0.29) is 11.8 Å². The van der Waals surface area contributed by atoms with Crippen LogP contribution in [0.3, 0.4) is 0 Å². The predicted octanol–water partition coefficient (Wildman–Crippen LogP) is 3.06. The molecule has 3 aliphatic rings. The van der Waals surface area contributed by atoms with E-state index in [0.29, 0.717) is 36.6 Å². The standard InChI is InChI=1S/C26H31N5O3/c1-3-10-26(24(33)28-25(34)29-26)21-8-6-19(7-9-21)23(32)31-13-11-30(12-14-31)22-17(2)15-20(16-27-22)18-4-5-18/h6-9,15-16,18H,3-5,10-14H2,1-2H3,(H2,28,29,33,34)/t26-/m1/s1. The van der Waals surface area contributed by atoms with Crippen LogP contribution in [0.25, 0.3) is 0 Å². The van der Waals surface area contributed by atoms with Crippen LogP contribution in [0.2, 0.25) is 0 Å². The quantitative estimate of drug-likeness (QED) is 0.645. The molecule has 1 aliphatic carbocycles. The molecule has 1 aromatic carbocycles. The highest BCUT2D eigenvalue weighted by atomic mass is 16.2. The van der Waals surface area contributed by atoms with Crippen molar-refractivity contribution in [3.05, 3.63) is 58.8 Å². The van der Waals surface area contributed by atoms with E-state index in [0.717, 1.165) is 25.3 Å². The van der Waals surface area contributed by atoms with Crippen LogP contribution >= 0.6 is 0 Å². The number of pyridine rings is 1. The van der Waals surface area contributed by atoms with Crippen LogP contribution < -0.4 is 15.5 Å². The van der Waals surface area contributed by atoms with Crippen molar-refractivity contribution in [2.45, 2.75) is 51.0 Å². The van der Waals surface area contributed by atoms with Crippen molar-refractivity contribution in [1.82, 2.24) is 20.5 Å². The van der Waals surface area contributed by atoms with E-state index in [1.807, 2.05) is 18.0 Å². The third-order valence-electron chi connectivity index (χ3n) is 7.18. The molecule has 0 unspecified atom stereocenters. The van der Waals surface area contributed by atoms with Gasteiger partial charge >= 0.3 is 6.03 Å². The second-order valence-electron chi connectivity index (χ2n) is 9.60. The number of nitrogens with one attached hydrogen (secondary N) is 2. The van der Waals surface area contributed by atoms with Crippen LogP contribution in [0.4, 0.5) is 10.6 Å². The molecule has 8 nitrogen and oxygen atoms in total. The number of anilines is 1. The lowest BCUT2D eigenvalue weighted by Gasteiger charge is -2.36. The summed E-state index contributed by atoms with van der Waals surface area (Å²) in [6.07, 6.45) is 5.77. The molecule has 0 spiro atoms. The molecule has 4 amide bonds. The smallest absolute Gasteiger partial charge is 0.322 e. The van der Waals surface area contributed by atoms with Gasteiger partial charge in [-0.25, -0.2) is 9.78 Å². The lowest BCUT2D eigenvalue weighted by Crippen LogP contribution is -2.49. The Kier molecular flexibility index (Phi) is 5.75. The van der Waals surface area contributed by atoms with Gasteiger partial charge in [0.1, 0.15) is 11.4 Å². The Hall–Kier alpha value is -3.42. The zero-order valence-corrected chi connectivity index (χ0v) is 19.8. The Morgan fingerprint density at radius 2 is 1.82 bits per heavy atom. The van der Waals surface area contributed by atoms with Crippen molar-refractivity contribution in [3.8, 4) is 0 Å². The number of rotatable bonds is 6. The number of aromatic nitrogens is 1. The first-order chi connectivity index (χ1) is 16.4. The first kappa shape index (κ1) is 22.4. The summed E-state index contributed by atoms with van der Waals surface area (Å²) < 4.78 is 0. The molecule has 2 saturated heterocycles. The molecule has 178 valence electrons. The fourth-order valence-corrected chi connectivity index (χ4v) is 5.15. The molecule has 0 radical (unpaired) electrons. The molecule has 2 aliphatic heterocycles. The molecule has 2 N–H and O–H groups in total. The van der Waals surface area contributed by atoms with E-state index >= 15 is 0 Å². The molecular formula is C26H31N5O3. The summed E-state index contributed by atoms with van der Waals surface area (Å²) in [5.41, 5.74) is 2.74. The molecule has 8 heteroatoms. The van der Waals surface area contributed by atoms with E-state index < -0.39 is 11.6 Å². The average Bonchev–Trinajstić information content (AvgIpc) is 3.65. The number of benzene rings is 1. The summed E-state index contributed by atoms with van der Waals surface area (Å²) in [7, 11) is 0. The molecule has 1 saturated carbocycles. The highest BCUT2D eigenvalue weighted by molar-refractivity contribution is 6.07. The molecule has 3 heterocycles. The summed E-state index contributed by atoms with van der Waals surface area (Å²) >= 11 is 0. The van der Waals surface area contributed by atoms with E-state index in [4.69, 9.17) is 4.98 Å². The van der Waals surface area contributed by atoms with Gasteiger partial charge in [-0.3, -0.25) is 14.9 Å². The first-order valence-corrected chi connectivity index (χ1v) is 12.2. The van der Waals surface area contributed by atoms with Crippen LogP contribution in [0, 0.1) is 6.92 Å². The molecule has 34 heavy (non-hydrogen) atoms. The minimum absolute atomic E-state index is 0.0237. The summed E-state index contributed by atoms with van der Waals surface area (Å²) in [5.74, 6) is 1.34. The summed E-state index contributed by atoms with van der Waals surface area (Å²) in [6.45, 7) is 6.83. The number of carbonyl (C=O) groups excluding carboxylic acids is 3. The third-order valence-corrected chi connectivity index (χ3v) is 7.18. The lowest BCUT2D eigenvalue weighted by atomic mass is 9.85. The van der Waals surface area contributed by atoms with Gasteiger partial charge < -0.3 is 15.1 Å². The number of urea groups is 1. The van der Waals surface area contributed by atoms with Crippen LogP contribution in [0.1, 0.15) is 65.6 Å². The Morgan fingerprint density at radius 1 is 1.12 bits per heavy atom. The second-order valence-corrected chi connectivity index (χ2v) is 9.60. The monoisotopic (exact) mass is 461 g/mol. The minimum Gasteiger partial charge on any atom is -0.353 e. The van der Waals surface area contributed by atoms with E-state index in [1.165, 1.54) is 24.0 Å². The van der Waals surface area contributed by atoms with Gasteiger partial charge in [0.25, 0.3) is 11.8 Å². The van der Waals surface area contributed by atoms with Gasteiger partial charge in [0.2, 0.25) is 0 Å². The number of imide groups is 1. The third kappa shape index (κ3) is 4.02. The Bertz CT molecular complexity index is 1120. The maximum absolute atomic E-state index is 13.1. The first-order valence-electron chi connectivity index (χ1n) is 12.2. The normalized spacial score (nSPS) is 22.5. The van der Waals surface area contributed by atoms with Crippen molar-refractivity contribution in [2.24, 2.45) is 0 Å². The minimum atomic E-state index is -1.07. The van der Waals surface area contributed by atoms with Gasteiger partial charge in [-0.1, -0.05) is 31.5 Å². The largest absolute Gasteiger partial charge is 0.353 e. The SMILES string of the molecule is CCC[C@]1(c2ccc(C(=O)N3CCN(c4ncc(C5CC5)cc4C)CC3)cc2)NC(=O)NC1=O. The summed E-state index contributed by atoms with van der Waals surface area (Å²) in [5, 5.41) is 5.12. The topological polar surface area (TPSA) is 94.6 Å². The van der Waals surface area contributed by atoms with Crippen LogP contribution in [0.5, 0.6) is 0 Å². The highest BCUT2D eigenvalue weighted by Crippen LogP contribution is 2.40. The van der Waals surface area contributed by atoms with Gasteiger partial charge in [0.05, 0.1) is 0 Å². The summed E-state index contributed by atoms with van der Waals surface area (Å²) in [4.78, 5) is 46.3. The van der Waals surface area contributed by atoms with Crippen molar-refractivity contribution in [2.75, 3.05) is 31.1 Å². The number of nitrogens with zero attached hydrogens (tertiary/aromatic N) is 3. The van der Waals surface area contributed by atoms with Crippen LogP contribution in [-0.2, 0) is 10.3 Å². The van der Waals surface area contributed by atoms with Gasteiger partial charge in [-0.2, -0.15) is 0 Å². The molecule has 1 aromatic heterocycles. The number of aryl methyl sites for hydroxylation is 1. The zero-order chi connectivity index (χ0) is 23.9. The van der Waals surface area contributed by atoms with Crippen molar-refractivity contribution in [3.63, 3.8) is 0 Å². The number of amides is 4. The number of piperazine rings is 1.